The van der Waals surface area contributed by atoms with Gasteiger partial charge in [0.15, 0.2) is 0 Å². The van der Waals surface area contributed by atoms with E-state index in [0.717, 1.165) is 24.0 Å². The first-order valence-electron chi connectivity index (χ1n) is 12.1. The normalized spacial score (nSPS) is 15.4. The van der Waals surface area contributed by atoms with Crippen LogP contribution in [0.15, 0.2) is 53.4 Å². The summed E-state index contributed by atoms with van der Waals surface area (Å²) in [5, 5.41) is 6.38. The summed E-state index contributed by atoms with van der Waals surface area (Å²) >= 11 is 4.42. The molecule has 1 saturated carbocycles. The van der Waals surface area contributed by atoms with Gasteiger partial charge in [0.2, 0.25) is 11.8 Å². The molecule has 35 heavy (non-hydrogen) atoms. The molecular formula is C26H35N3O4S2. The number of thiol groups is 1. The molecule has 3 N–H and O–H groups in total. The molecule has 2 aromatic carbocycles. The number of amides is 2. The summed E-state index contributed by atoms with van der Waals surface area (Å²) in [5.74, 6) is 0.499. The molecule has 1 fully saturated rings. The lowest BCUT2D eigenvalue weighted by Gasteiger charge is -2.28. The molecule has 7 nitrogen and oxygen atoms in total. The maximum atomic E-state index is 12.6. The van der Waals surface area contributed by atoms with Gasteiger partial charge in [0.05, 0.1) is 4.90 Å². The molecule has 3 rings (SSSR count). The van der Waals surface area contributed by atoms with Crippen molar-refractivity contribution in [1.29, 1.82) is 0 Å². The Morgan fingerprint density at radius 2 is 1.69 bits per heavy atom. The van der Waals surface area contributed by atoms with Crippen LogP contribution < -0.4 is 15.4 Å². The van der Waals surface area contributed by atoms with E-state index in [1.807, 2.05) is 29.0 Å². The van der Waals surface area contributed by atoms with E-state index in [0.29, 0.717) is 36.9 Å². The summed E-state index contributed by atoms with van der Waals surface area (Å²) in [5.41, 5.74) is 2.31. The second-order valence-corrected chi connectivity index (χ2v) is 11.0. The molecule has 1 atom stereocenters. The molecule has 0 aliphatic heterocycles. The van der Waals surface area contributed by atoms with Crippen LogP contribution in [0, 0.1) is 11.8 Å². The van der Waals surface area contributed by atoms with Crippen LogP contribution in [0.5, 0.6) is 0 Å². The van der Waals surface area contributed by atoms with Gasteiger partial charge in [-0.3, -0.25) is 9.59 Å². The number of carbonyl (C=O) groups excluding carboxylic acids is 2. The lowest BCUT2D eigenvalue weighted by Crippen LogP contribution is -2.39. The lowest BCUT2D eigenvalue weighted by atomic mass is 9.80. The van der Waals surface area contributed by atoms with Crippen LogP contribution in [0.1, 0.15) is 44.6 Å². The highest BCUT2D eigenvalue weighted by Gasteiger charge is 2.28. The highest BCUT2D eigenvalue weighted by Crippen LogP contribution is 2.31. The molecule has 0 spiro atoms. The first-order valence-corrected chi connectivity index (χ1v) is 14.2. The Morgan fingerprint density at radius 1 is 1.00 bits per heavy atom. The molecule has 0 heterocycles. The van der Waals surface area contributed by atoms with Crippen LogP contribution in [-0.4, -0.2) is 39.1 Å². The third-order valence-electron chi connectivity index (χ3n) is 6.40. The smallest absolute Gasteiger partial charge is 0.264 e. The van der Waals surface area contributed by atoms with Crippen molar-refractivity contribution >= 4 is 34.5 Å². The summed E-state index contributed by atoms with van der Waals surface area (Å²) < 4.78 is 27.1. The molecule has 0 saturated heterocycles. The van der Waals surface area contributed by atoms with Gasteiger partial charge in [0.25, 0.3) is 10.0 Å². The number of carbonyl (C=O) groups is 2. The van der Waals surface area contributed by atoms with Crippen molar-refractivity contribution in [2.45, 2.75) is 50.5 Å². The zero-order valence-electron chi connectivity index (χ0n) is 20.1. The Labute approximate surface area is 213 Å². The number of rotatable bonds is 11. The lowest BCUT2D eigenvalue weighted by molar-refractivity contribution is -0.126. The Bertz CT molecular complexity index is 1100. The van der Waals surface area contributed by atoms with Crippen molar-refractivity contribution in [2.75, 3.05) is 18.8 Å². The fourth-order valence-electron chi connectivity index (χ4n) is 4.61. The van der Waals surface area contributed by atoms with Crippen LogP contribution in [0.4, 0.5) is 0 Å². The van der Waals surface area contributed by atoms with Gasteiger partial charge in [0, 0.05) is 43.8 Å². The van der Waals surface area contributed by atoms with Gasteiger partial charge in [-0.1, -0.05) is 61.7 Å². The topological polar surface area (TPSA) is 104 Å². The third kappa shape index (κ3) is 7.81. The third-order valence-corrected chi connectivity index (χ3v) is 8.29. The van der Waals surface area contributed by atoms with E-state index in [2.05, 4.69) is 23.3 Å². The molecule has 0 aromatic heterocycles. The fourth-order valence-corrected chi connectivity index (χ4v) is 6.29. The van der Waals surface area contributed by atoms with E-state index >= 15 is 0 Å². The molecule has 190 valence electrons. The second-order valence-electron chi connectivity index (χ2n) is 9.01. The van der Waals surface area contributed by atoms with Gasteiger partial charge in [-0.25, -0.2) is 13.1 Å². The van der Waals surface area contributed by atoms with E-state index in [1.54, 1.807) is 18.2 Å². The van der Waals surface area contributed by atoms with Gasteiger partial charge in [-0.15, -0.1) is 0 Å². The van der Waals surface area contributed by atoms with Crippen molar-refractivity contribution in [1.82, 2.24) is 15.4 Å². The summed E-state index contributed by atoms with van der Waals surface area (Å²) in [7, 11) is -3.94. The molecule has 0 radical (unpaired) electrons. The van der Waals surface area contributed by atoms with E-state index in [1.165, 1.54) is 32.3 Å². The van der Waals surface area contributed by atoms with Crippen LogP contribution in [0.3, 0.4) is 0 Å². The van der Waals surface area contributed by atoms with Gasteiger partial charge in [-0.2, -0.15) is 12.6 Å². The maximum absolute atomic E-state index is 12.6. The predicted molar refractivity (Wildman–Crippen MR) is 142 cm³/mol. The highest BCUT2D eigenvalue weighted by molar-refractivity contribution is 7.90. The van der Waals surface area contributed by atoms with Crippen molar-refractivity contribution in [2.24, 2.45) is 11.8 Å². The Kier molecular flexibility index (Phi) is 10.2. The SMILES string of the molecule is CC(=O)NS(=O)(=O)c1ccccc1-c1ccc(CNCCNC(=O)[C@@H](CS)C2CCCCC2)cc1. The summed E-state index contributed by atoms with van der Waals surface area (Å²) in [4.78, 5) is 23.9. The molecule has 1 aliphatic carbocycles. The predicted octanol–water partition coefficient (Wildman–Crippen LogP) is 3.51. The molecule has 9 heteroatoms. The van der Waals surface area contributed by atoms with E-state index < -0.39 is 15.9 Å². The standard InChI is InChI=1S/C26H35N3O4S2/c1-19(30)29-35(32,33)25-10-6-5-9-23(25)22-13-11-20(12-14-22)17-27-15-16-28-26(31)24(18-34)21-7-3-2-4-8-21/h5-6,9-14,21,24,27,34H,2-4,7-8,15-18H2,1H3,(H,28,31)(H,29,30)/t24-/m0/s1. The van der Waals surface area contributed by atoms with Crippen molar-refractivity contribution in [3.63, 3.8) is 0 Å². The average Bonchev–Trinajstić information content (AvgIpc) is 2.84. The molecule has 0 unspecified atom stereocenters. The van der Waals surface area contributed by atoms with E-state index in [-0.39, 0.29) is 16.7 Å². The van der Waals surface area contributed by atoms with Crippen molar-refractivity contribution in [3.05, 3.63) is 54.1 Å². The molecule has 0 bridgehead atoms. The van der Waals surface area contributed by atoms with Gasteiger partial charge in [0.1, 0.15) is 0 Å². The van der Waals surface area contributed by atoms with E-state index in [4.69, 9.17) is 0 Å². The zero-order valence-corrected chi connectivity index (χ0v) is 21.8. The first kappa shape index (κ1) is 27.2. The molecular weight excluding hydrogens is 482 g/mol. The van der Waals surface area contributed by atoms with Gasteiger partial charge in [-0.05, 0) is 36.0 Å². The van der Waals surface area contributed by atoms with E-state index in [9.17, 15) is 18.0 Å². The highest BCUT2D eigenvalue weighted by atomic mass is 32.2. The number of sulfonamides is 1. The zero-order chi connectivity index (χ0) is 25.3. The number of nitrogens with one attached hydrogen (secondary N) is 3. The fraction of sp³-hybridized carbons (Fsp3) is 0.462. The van der Waals surface area contributed by atoms with Crippen molar-refractivity contribution in [3.8, 4) is 11.1 Å². The van der Waals surface area contributed by atoms with Crippen LogP contribution >= 0.6 is 12.6 Å². The minimum Gasteiger partial charge on any atom is -0.355 e. The minimum absolute atomic E-state index is 0.0106. The van der Waals surface area contributed by atoms with Crippen LogP contribution in [0.25, 0.3) is 11.1 Å². The average molecular weight is 518 g/mol. The molecule has 2 aromatic rings. The summed E-state index contributed by atoms with van der Waals surface area (Å²) in [6.07, 6.45) is 5.93. The Hall–Kier alpha value is -2.36. The molecule has 2 amide bonds. The monoisotopic (exact) mass is 517 g/mol. The minimum atomic E-state index is -3.94. The maximum Gasteiger partial charge on any atom is 0.264 e. The van der Waals surface area contributed by atoms with Gasteiger partial charge < -0.3 is 10.6 Å². The number of hydrogen-bond acceptors (Lipinski definition) is 6. The first-order chi connectivity index (χ1) is 16.8. The quantitative estimate of drug-likeness (QED) is 0.270. The van der Waals surface area contributed by atoms with Crippen molar-refractivity contribution < 1.29 is 18.0 Å². The van der Waals surface area contributed by atoms with Gasteiger partial charge >= 0.3 is 0 Å². The Balaban J connectivity index is 1.50. The molecule has 1 aliphatic rings. The second kappa shape index (κ2) is 13.1. The number of hydrogen-bond donors (Lipinski definition) is 4. The summed E-state index contributed by atoms with van der Waals surface area (Å²) in [6, 6.07) is 14.2. The van der Waals surface area contributed by atoms with Crippen LogP contribution in [0.2, 0.25) is 0 Å². The largest absolute Gasteiger partial charge is 0.355 e. The van der Waals surface area contributed by atoms with Crippen LogP contribution in [-0.2, 0) is 26.2 Å². The number of benzene rings is 2. The Morgan fingerprint density at radius 3 is 2.34 bits per heavy atom. The summed E-state index contributed by atoms with van der Waals surface area (Å²) in [6.45, 7) is 3.00.